The van der Waals surface area contributed by atoms with Crippen molar-refractivity contribution < 1.29 is 9.90 Å². The summed E-state index contributed by atoms with van der Waals surface area (Å²) < 4.78 is 0.160. The first-order valence-electron chi connectivity index (χ1n) is 7.99. The lowest BCUT2D eigenvalue weighted by molar-refractivity contribution is 0.113. The van der Waals surface area contributed by atoms with Gasteiger partial charge in [-0.3, -0.25) is 0 Å². The van der Waals surface area contributed by atoms with Crippen LogP contribution in [0.15, 0.2) is 35.2 Å². The standard InChI is InChI=1S/C17H24N2O2S/c1-19(11-15(20)13-7-8-13)16(21)18-12-17(9-10-17)22-14-5-3-2-4-6-14/h2-6,13,15,20H,7-12H2,1H3,(H,18,21). The summed E-state index contributed by atoms with van der Waals surface area (Å²) in [6.45, 7) is 1.12. The molecule has 4 nitrogen and oxygen atoms in total. The number of aliphatic hydroxyl groups is 1. The zero-order valence-electron chi connectivity index (χ0n) is 13.0. The quantitative estimate of drug-likeness (QED) is 0.812. The number of hydrogen-bond donors (Lipinski definition) is 2. The van der Waals surface area contributed by atoms with Gasteiger partial charge in [0, 0.05) is 29.8 Å². The summed E-state index contributed by atoms with van der Waals surface area (Å²) in [6, 6.07) is 10.3. The molecule has 2 N–H and O–H groups in total. The highest BCUT2D eigenvalue weighted by Crippen LogP contribution is 2.51. The maximum atomic E-state index is 12.1. The SMILES string of the molecule is CN(CC(O)C1CC1)C(=O)NCC1(Sc2ccccc2)CC1. The van der Waals surface area contributed by atoms with Gasteiger partial charge in [0.1, 0.15) is 0 Å². The van der Waals surface area contributed by atoms with Crippen molar-refractivity contribution in [3.63, 3.8) is 0 Å². The fourth-order valence-corrected chi connectivity index (χ4v) is 3.80. The van der Waals surface area contributed by atoms with Crippen LogP contribution in [-0.4, -0.2) is 47.0 Å². The first-order valence-corrected chi connectivity index (χ1v) is 8.81. The van der Waals surface area contributed by atoms with Gasteiger partial charge in [-0.1, -0.05) is 18.2 Å². The van der Waals surface area contributed by atoms with Crippen LogP contribution >= 0.6 is 11.8 Å². The summed E-state index contributed by atoms with van der Waals surface area (Å²) in [6.07, 6.45) is 4.09. The molecular formula is C17H24N2O2S. The molecule has 1 atom stereocenters. The number of hydrogen-bond acceptors (Lipinski definition) is 3. The molecule has 120 valence electrons. The second kappa shape index (κ2) is 6.50. The molecule has 0 spiro atoms. The number of thioether (sulfide) groups is 1. The molecule has 3 rings (SSSR count). The van der Waals surface area contributed by atoms with Crippen molar-refractivity contribution in [2.24, 2.45) is 5.92 Å². The van der Waals surface area contributed by atoms with Gasteiger partial charge in [-0.2, -0.15) is 0 Å². The van der Waals surface area contributed by atoms with Gasteiger partial charge in [-0.15, -0.1) is 11.8 Å². The number of urea groups is 1. The van der Waals surface area contributed by atoms with E-state index >= 15 is 0 Å². The second-order valence-electron chi connectivity index (χ2n) is 6.54. The topological polar surface area (TPSA) is 52.6 Å². The average Bonchev–Trinajstić information content (AvgIpc) is 3.41. The van der Waals surface area contributed by atoms with Gasteiger partial charge in [0.2, 0.25) is 0 Å². The van der Waals surface area contributed by atoms with Crippen molar-refractivity contribution in [1.29, 1.82) is 0 Å². The van der Waals surface area contributed by atoms with Crippen LogP contribution in [0.25, 0.3) is 0 Å². The zero-order chi connectivity index (χ0) is 15.6. The molecular weight excluding hydrogens is 296 g/mol. The minimum Gasteiger partial charge on any atom is -0.391 e. The molecule has 1 aromatic carbocycles. The molecule has 0 heterocycles. The number of benzene rings is 1. The highest BCUT2D eigenvalue weighted by Gasteiger charge is 2.44. The van der Waals surface area contributed by atoms with Crippen molar-refractivity contribution in [3.05, 3.63) is 30.3 Å². The molecule has 0 bridgehead atoms. The number of carbonyl (C=O) groups excluding carboxylic acids is 1. The van der Waals surface area contributed by atoms with Gasteiger partial charge in [0.15, 0.2) is 0 Å². The van der Waals surface area contributed by atoms with Crippen molar-refractivity contribution in [1.82, 2.24) is 10.2 Å². The van der Waals surface area contributed by atoms with Gasteiger partial charge in [-0.05, 0) is 43.7 Å². The Balaban J connectivity index is 1.44. The molecule has 2 saturated carbocycles. The summed E-state index contributed by atoms with van der Waals surface area (Å²) in [5, 5.41) is 12.9. The number of amides is 2. The van der Waals surface area contributed by atoms with Crippen LogP contribution in [0, 0.1) is 5.92 Å². The Bertz CT molecular complexity index is 515. The summed E-state index contributed by atoms with van der Waals surface area (Å²) in [7, 11) is 1.75. The van der Waals surface area contributed by atoms with Gasteiger partial charge >= 0.3 is 6.03 Å². The van der Waals surface area contributed by atoms with Crippen LogP contribution in [0.4, 0.5) is 4.79 Å². The molecule has 5 heteroatoms. The third-order valence-corrected chi connectivity index (χ3v) is 5.91. The maximum Gasteiger partial charge on any atom is 0.317 e. The molecule has 22 heavy (non-hydrogen) atoms. The van der Waals surface area contributed by atoms with E-state index in [0.717, 1.165) is 25.7 Å². The lowest BCUT2D eigenvalue weighted by Crippen LogP contribution is -2.44. The Morgan fingerprint density at radius 3 is 2.68 bits per heavy atom. The molecule has 2 aliphatic rings. The largest absolute Gasteiger partial charge is 0.391 e. The highest BCUT2D eigenvalue weighted by molar-refractivity contribution is 8.01. The maximum absolute atomic E-state index is 12.1. The normalized spacial score (nSPS) is 20.3. The second-order valence-corrected chi connectivity index (χ2v) is 8.08. The Labute approximate surface area is 136 Å². The molecule has 0 radical (unpaired) electrons. The lowest BCUT2D eigenvalue weighted by atomic mass is 10.2. The average molecular weight is 320 g/mol. The molecule has 0 aliphatic heterocycles. The van der Waals surface area contributed by atoms with Crippen LogP contribution in [0.2, 0.25) is 0 Å². The monoisotopic (exact) mass is 320 g/mol. The van der Waals surface area contributed by atoms with Crippen molar-refractivity contribution in [2.75, 3.05) is 20.1 Å². The Morgan fingerprint density at radius 2 is 2.09 bits per heavy atom. The van der Waals surface area contributed by atoms with E-state index in [4.69, 9.17) is 0 Å². The number of aliphatic hydroxyl groups excluding tert-OH is 1. The van der Waals surface area contributed by atoms with E-state index in [2.05, 4.69) is 17.4 Å². The Hall–Kier alpha value is -1.20. The van der Waals surface area contributed by atoms with E-state index in [1.54, 1.807) is 11.9 Å². The number of likely N-dealkylation sites (N-methyl/N-ethyl adjacent to an activating group) is 1. The van der Waals surface area contributed by atoms with E-state index in [1.807, 2.05) is 30.0 Å². The molecule has 2 fully saturated rings. The molecule has 2 aliphatic carbocycles. The molecule has 0 saturated heterocycles. The zero-order valence-corrected chi connectivity index (χ0v) is 13.8. The smallest absolute Gasteiger partial charge is 0.317 e. The van der Waals surface area contributed by atoms with Crippen LogP contribution in [0.1, 0.15) is 25.7 Å². The van der Waals surface area contributed by atoms with Crippen LogP contribution < -0.4 is 5.32 Å². The van der Waals surface area contributed by atoms with Crippen molar-refractivity contribution >= 4 is 17.8 Å². The Morgan fingerprint density at radius 1 is 1.41 bits per heavy atom. The van der Waals surface area contributed by atoms with Gasteiger partial charge in [-0.25, -0.2) is 4.79 Å². The van der Waals surface area contributed by atoms with E-state index in [9.17, 15) is 9.90 Å². The summed E-state index contributed by atoms with van der Waals surface area (Å²) in [5.41, 5.74) is 0. The minimum atomic E-state index is -0.371. The molecule has 1 aromatic rings. The van der Waals surface area contributed by atoms with Crippen LogP contribution in [0.3, 0.4) is 0 Å². The fourth-order valence-electron chi connectivity index (χ4n) is 2.56. The molecule has 0 aromatic heterocycles. The predicted molar refractivity (Wildman–Crippen MR) is 89.0 cm³/mol. The van der Waals surface area contributed by atoms with Crippen LogP contribution in [-0.2, 0) is 0 Å². The van der Waals surface area contributed by atoms with Crippen molar-refractivity contribution in [2.45, 2.75) is 41.4 Å². The van der Waals surface area contributed by atoms with Gasteiger partial charge in [0.05, 0.1) is 6.10 Å². The fraction of sp³-hybridized carbons (Fsp3) is 0.588. The summed E-state index contributed by atoms with van der Waals surface area (Å²) in [4.78, 5) is 15.0. The van der Waals surface area contributed by atoms with Gasteiger partial charge in [0.25, 0.3) is 0 Å². The Kier molecular flexibility index (Phi) is 4.64. The summed E-state index contributed by atoms with van der Waals surface area (Å²) >= 11 is 1.86. The molecule has 1 unspecified atom stereocenters. The summed E-state index contributed by atoms with van der Waals surface area (Å²) in [5.74, 6) is 0.402. The molecule has 2 amide bonds. The van der Waals surface area contributed by atoms with E-state index in [-0.39, 0.29) is 16.9 Å². The first-order chi connectivity index (χ1) is 10.6. The third kappa shape index (κ3) is 4.17. The third-order valence-electron chi connectivity index (χ3n) is 4.42. The van der Waals surface area contributed by atoms with Crippen molar-refractivity contribution in [3.8, 4) is 0 Å². The van der Waals surface area contributed by atoms with E-state index in [0.29, 0.717) is 19.0 Å². The number of rotatable bonds is 7. The van der Waals surface area contributed by atoms with Gasteiger partial charge < -0.3 is 15.3 Å². The lowest BCUT2D eigenvalue weighted by Gasteiger charge is -2.23. The van der Waals surface area contributed by atoms with E-state index in [1.165, 1.54) is 4.90 Å². The number of carbonyl (C=O) groups is 1. The number of nitrogens with one attached hydrogen (secondary N) is 1. The van der Waals surface area contributed by atoms with Crippen LogP contribution in [0.5, 0.6) is 0 Å². The minimum absolute atomic E-state index is 0.0837. The predicted octanol–water partition coefficient (Wildman–Crippen LogP) is 2.72. The number of nitrogens with zero attached hydrogens (tertiary/aromatic N) is 1. The van der Waals surface area contributed by atoms with E-state index < -0.39 is 0 Å². The highest BCUT2D eigenvalue weighted by atomic mass is 32.2. The first kappa shape index (κ1) is 15.7.